The Kier molecular flexibility index (Phi) is 3.73. The van der Waals surface area contributed by atoms with E-state index < -0.39 is 5.56 Å². The second-order valence-electron chi connectivity index (χ2n) is 5.24. The monoisotopic (exact) mass is 324 g/mol. The predicted octanol–water partition coefficient (Wildman–Crippen LogP) is 2.43. The third-order valence-electron chi connectivity index (χ3n) is 3.93. The Hall–Kier alpha value is -2.90. The van der Waals surface area contributed by atoms with Gasteiger partial charge >= 0.3 is 0 Å². The number of nitrogens with zero attached hydrogens (tertiary/aromatic N) is 3. The van der Waals surface area contributed by atoms with Crippen molar-refractivity contribution in [3.8, 4) is 18.0 Å². The molecule has 0 radical (unpaired) electrons. The molecule has 23 heavy (non-hydrogen) atoms. The molecule has 1 aliphatic carbocycles. The first-order valence-electron chi connectivity index (χ1n) is 7.01. The number of fused-ring (bicyclic) bond motifs is 1. The zero-order chi connectivity index (χ0) is 16.6. The molecule has 3 rings (SSSR count). The smallest absolute Gasteiger partial charge is 0.268 e. The molecule has 2 aromatic rings. The van der Waals surface area contributed by atoms with Gasteiger partial charge in [0, 0.05) is 11.1 Å². The SMILES string of the molecule is Cc1c(/C=N/c2sc3c(c2C#N)CCC3)c(O)[nH]c(=O)c1C#N. The summed E-state index contributed by atoms with van der Waals surface area (Å²) in [7, 11) is 0. The average molecular weight is 324 g/mol. The first kappa shape index (κ1) is 15.0. The van der Waals surface area contributed by atoms with Gasteiger partial charge in [-0.25, -0.2) is 4.99 Å². The fourth-order valence-corrected chi connectivity index (χ4v) is 3.92. The molecule has 2 heterocycles. The van der Waals surface area contributed by atoms with Crippen molar-refractivity contribution in [3.63, 3.8) is 0 Å². The number of hydrogen-bond donors (Lipinski definition) is 2. The molecular weight excluding hydrogens is 312 g/mol. The lowest BCUT2D eigenvalue weighted by molar-refractivity contribution is 0.450. The van der Waals surface area contributed by atoms with Crippen LogP contribution >= 0.6 is 11.3 Å². The van der Waals surface area contributed by atoms with Crippen LogP contribution in [-0.4, -0.2) is 16.3 Å². The van der Waals surface area contributed by atoms with Crippen LogP contribution in [0.15, 0.2) is 9.79 Å². The highest BCUT2D eigenvalue weighted by atomic mass is 32.1. The zero-order valence-electron chi connectivity index (χ0n) is 12.3. The highest BCUT2D eigenvalue weighted by Gasteiger charge is 2.22. The molecule has 0 amide bonds. The molecule has 0 bridgehead atoms. The number of nitriles is 2. The van der Waals surface area contributed by atoms with Crippen LogP contribution in [0.4, 0.5) is 5.00 Å². The van der Waals surface area contributed by atoms with Crippen LogP contribution in [0.5, 0.6) is 5.88 Å². The summed E-state index contributed by atoms with van der Waals surface area (Å²) in [5.74, 6) is -0.335. The highest BCUT2D eigenvalue weighted by Crippen LogP contribution is 2.40. The number of thiophene rings is 1. The van der Waals surface area contributed by atoms with Crippen LogP contribution in [0, 0.1) is 29.6 Å². The van der Waals surface area contributed by atoms with E-state index in [1.165, 1.54) is 22.4 Å². The highest BCUT2D eigenvalue weighted by molar-refractivity contribution is 7.16. The summed E-state index contributed by atoms with van der Waals surface area (Å²) in [5.41, 5.74) is 1.61. The quantitative estimate of drug-likeness (QED) is 0.826. The van der Waals surface area contributed by atoms with Crippen molar-refractivity contribution in [1.29, 1.82) is 10.5 Å². The van der Waals surface area contributed by atoms with Gasteiger partial charge in [0.1, 0.15) is 22.7 Å². The Balaban J connectivity index is 2.08. The van der Waals surface area contributed by atoms with Crippen molar-refractivity contribution in [1.82, 2.24) is 4.98 Å². The topological polar surface area (TPSA) is 113 Å². The summed E-state index contributed by atoms with van der Waals surface area (Å²) in [5, 5.41) is 28.9. The summed E-state index contributed by atoms with van der Waals surface area (Å²) in [4.78, 5) is 19.3. The van der Waals surface area contributed by atoms with Gasteiger partial charge in [0.05, 0.1) is 11.1 Å². The Morgan fingerprint density at radius 3 is 2.74 bits per heavy atom. The van der Waals surface area contributed by atoms with Crippen LogP contribution in [0.1, 0.15) is 39.1 Å². The van der Waals surface area contributed by atoms with Gasteiger partial charge in [-0.05, 0) is 37.3 Å². The van der Waals surface area contributed by atoms with Gasteiger partial charge in [-0.1, -0.05) is 0 Å². The lowest BCUT2D eigenvalue weighted by Gasteiger charge is -2.04. The van der Waals surface area contributed by atoms with Gasteiger partial charge < -0.3 is 5.11 Å². The molecule has 0 aromatic carbocycles. The fraction of sp³-hybridized carbons (Fsp3) is 0.250. The number of hydrogen-bond acceptors (Lipinski definition) is 6. The van der Waals surface area contributed by atoms with Crippen molar-refractivity contribution >= 4 is 22.6 Å². The molecule has 0 unspecified atom stereocenters. The van der Waals surface area contributed by atoms with Gasteiger partial charge in [-0.3, -0.25) is 9.78 Å². The standard InChI is InChI=1S/C16H12N4O2S/c1-8-10(5-17)14(21)20-15(22)12(8)7-19-16-11(6-18)9-3-2-4-13(9)23-16/h7H,2-4H2,1H3,(H2,20,21,22)/b19-7+. The largest absolute Gasteiger partial charge is 0.494 e. The zero-order valence-corrected chi connectivity index (χ0v) is 13.1. The van der Waals surface area contributed by atoms with Crippen LogP contribution in [-0.2, 0) is 12.8 Å². The number of nitrogens with one attached hydrogen (secondary N) is 1. The molecule has 1 aliphatic rings. The summed E-state index contributed by atoms with van der Waals surface area (Å²) in [6.45, 7) is 1.58. The molecule has 7 heteroatoms. The number of pyridine rings is 1. The first-order valence-corrected chi connectivity index (χ1v) is 7.83. The Labute approximate surface area is 136 Å². The minimum atomic E-state index is -0.632. The lowest BCUT2D eigenvalue weighted by atomic mass is 10.1. The minimum absolute atomic E-state index is 0.0570. The van der Waals surface area contributed by atoms with E-state index in [-0.39, 0.29) is 17.0 Å². The van der Waals surface area contributed by atoms with E-state index in [4.69, 9.17) is 5.26 Å². The predicted molar refractivity (Wildman–Crippen MR) is 86.5 cm³/mol. The maximum atomic E-state index is 11.6. The van der Waals surface area contributed by atoms with Gasteiger partial charge in [-0.2, -0.15) is 10.5 Å². The maximum absolute atomic E-state index is 11.6. The molecule has 2 N–H and O–H groups in total. The molecule has 0 saturated heterocycles. The second kappa shape index (κ2) is 5.71. The summed E-state index contributed by atoms with van der Waals surface area (Å²) in [6, 6.07) is 4.01. The second-order valence-corrected chi connectivity index (χ2v) is 6.32. The molecule has 0 spiro atoms. The van der Waals surface area contributed by atoms with E-state index in [2.05, 4.69) is 16.0 Å². The Morgan fingerprint density at radius 1 is 1.30 bits per heavy atom. The molecule has 0 atom stereocenters. The van der Waals surface area contributed by atoms with E-state index in [1.807, 2.05) is 6.07 Å². The van der Waals surface area contributed by atoms with Crippen LogP contribution in [0.3, 0.4) is 0 Å². The number of rotatable bonds is 2. The van der Waals surface area contributed by atoms with Crippen molar-refractivity contribution in [3.05, 3.63) is 43.0 Å². The molecule has 6 nitrogen and oxygen atoms in total. The number of aryl methyl sites for hydroxylation is 1. The van der Waals surface area contributed by atoms with E-state index in [0.29, 0.717) is 16.1 Å². The van der Waals surface area contributed by atoms with Crippen LogP contribution in [0.2, 0.25) is 0 Å². The molecule has 0 aliphatic heterocycles. The molecule has 0 saturated carbocycles. The van der Waals surface area contributed by atoms with Crippen molar-refractivity contribution in [2.45, 2.75) is 26.2 Å². The number of aromatic amines is 1. The number of aliphatic imine (C=N–C) groups is 1. The van der Waals surface area contributed by atoms with E-state index in [9.17, 15) is 15.2 Å². The third-order valence-corrected chi connectivity index (χ3v) is 5.13. The molecule has 2 aromatic heterocycles. The molecular formula is C16H12N4O2S. The normalized spacial score (nSPS) is 13.0. The summed E-state index contributed by atoms with van der Waals surface area (Å²) < 4.78 is 0. The van der Waals surface area contributed by atoms with Crippen LogP contribution in [0.25, 0.3) is 0 Å². The Morgan fingerprint density at radius 2 is 2.04 bits per heavy atom. The Bertz CT molecular complexity index is 970. The summed E-state index contributed by atoms with van der Waals surface area (Å²) >= 11 is 1.48. The van der Waals surface area contributed by atoms with E-state index in [1.54, 1.807) is 6.92 Å². The van der Waals surface area contributed by atoms with Gasteiger partial charge in [-0.15, -0.1) is 11.3 Å². The fourth-order valence-electron chi connectivity index (χ4n) is 2.73. The maximum Gasteiger partial charge on any atom is 0.268 e. The molecule has 114 valence electrons. The van der Waals surface area contributed by atoms with Crippen molar-refractivity contribution < 1.29 is 5.11 Å². The third kappa shape index (κ3) is 2.41. The van der Waals surface area contributed by atoms with Gasteiger partial charge in [0.15, 0.2) is 0 Å². The van der Waals surface area contributed by atoms with E-state index in [0.717, 1.165) is 24.8 Å². The summed E-state index contributed by atoms with van der Waals surface area (Å²) in [6.07, 6.45) is 4.31. The van der Waals surface area contributed by atoms with Crippen molar-refractivity contribution in [2.75, 3.05) is 0 Å². The number of aromatic nitrogens is 1. The van der Waals surface area contributed by atoms with Crippen molar-refractivity contribution in [2.24, 2.45) is 4.99 Å². The number of aromatic hydroxyl groups is 1. The van der Waals surface area contributed by atoms with Crippen LogP contribution < -0.4 is 5.56 Å². The van der Waals surface area contributed by atoms with Gasteiger partial charge in [0.2, 0.25) is 5.88 Å². The first-order chi connectivity index (χ1) is 11.1. The lowest BCUT2D eigenvalue weighted by Crippen LogP contribution is -2.14. The average Bonchev–Trinajstić information content (AvgIpc) is 3.07. The van der Waals surface area contributed by atoms with E-state index >= 15 is 0 Å². The molecule has 0 fully saturated rings. The van der Waals surface area contributed by atoms with Gasteiger partial charge in [0.25, 0.3) is 5.56 Å². The number of H-pyrrole nitrogens is 1. The minimum Gasteiger partial charge on any atom is -0.494 e.